The molecule has 4 aromatic carbocycles. The van der Waals surface area contributed by atoms with Gasteiger partial charge >= 0.3 is 5.97 Å². The molecule has 3 N–H and O–H groups in total. The summed E-state index contributed by atoms with van der Waals surface area (Å²) in [5.74, 6) is -5.38. The molecule has 6 saturated carbocycles. The van der Waals surface area contributed by atoms with Crippen molar-refractivity contribution in [1.82, 2.24) is 10.1 Å². The lowest BCUT2D eigenvalue weighted by Gasteiger charge is -2.63. The summed E-state index contributed by atoms with van der Waals surface area (Å²) in [5, 5.41) is 36.8. The minimum Gasteiger partial charge on any atom is -0.489 e. The Hall–Kier alpha value is -6.05. The lowest BCUT2D eigenvalue weighted by Crippen LogP contribution is -2.70. The van der Waals surface area contributed by atoms with Crippen molar-refractivity contribution in [3.05, 3.63) is 179 Å². The number of nitrogens with zero attached hydrogens (tertiary/aromatic N) is 2. The summed E-state index contributed by atoms with van der Waals surface area (Å²) < 4.78 is 129. The number of ketones is 2. The Kier molecular flexibility index (Phi) is 20.9. The van der Waals surface area contributed by atoms with E-state index < -0.39 is 138 Å². The van der Waals surface area contributed by atoms with Crippen LogP contribution >= 0.6 is 27.7 Å². The van der Waals surface area contributed by atoms with Gasteiger partial charge in [-0.15, -0.1) is 0 Å². The van der Waals surface area contributed by atoms with Gasteiger partial charge in [0, 0.05) is 71.5 Å². The van der Waals surface area contributed by atoms with Crippen molar-refractivity contribution >= 4 is 50.3 Å². The SMILES string of the molecule is C.C.C[C@]12C=CC(=O)C=C1[C@@H](F)C[C@H]1[C@@H]3C[C@H]4CN(Cc5ccc(OCc6ccc(F)cc6)cc5)O[C@@]4(C(=O)O)[C@@]3(C)C[C@H](O)[C@@]12F.C[C@]12C=CC(=O)C=C1[C@@H](F)C[C@H]1[C@@H]3C[C@H]4CN(Cc5ccc(OCc6ccc(F)cc6)cc5)O[C@@]4(C(=O)SCF)[C@@]3(C)C[C@H](O)[C@@]12F.FCBr. The maximum atomic E-state index is 17.6. The molecule has 0 radical (unpaired) electrons. The molecule has 0 aromatic heterocycles. The van der Waals surface area contributed by atoms with Crippen molar-refractivity contribution in [3.8, 4) is 11.5 Å². The Bertz CT molecular complexity index is 3740. The number of rotatable bonds is 13. The number of hydrogen-bond donors (Lipinski definition) is 3. The number of carboxylic acid groups (broad SMARTS) is 1. The molecule has 0 amide bonds. The Balaban J connectivity index is 0.000000199. The summed E-state index contributed by atoms with van der Waals surface area (Å²) in [6.45, 7) is 8.36. The number of hydroxylamine groups is 4. The van der Waals surface area contributed by atoms with E-state index in [1.54, 1.807) is 79.4 Å². The zero-order chi connectivity index (χ0) is 68.0. The molecule has 0 bridgehead atoms. The summed E-state index contributed by atoms with van der Waals surface area (Å²) in [4.78, 5) is 64.3. The number of halogens is 9. The fourth-order valence-electron chi connectivity index (χ4n) is 19.0. The number of alkyl halides is 7. The molecule has 10 aliphatic rings. The number of carbonyl (C=O) groups is 4. The maximum absolute atomic E-state index is 17.6. The molecule has 0 unspecified atom stereocenters. The highest BCUT2D eigenvalue weighted by molar-refractivity contribution is 9.09. The van der Waals surface area contributed by atoms with Gasteiger partial charge in [0.05, 0.1) is 12.2 Å². The molecular formula is C74H83BrF8N2O11S. The van der Waals surface area contributed by atoms with E-state index in [1.807, 2.05) is 24.3 Å². The van der Waals surface area contributed by atoms with Crippen molar-refractivity contribution in [1.29, 1.82) is 0 Å². The number of benzene rings is 4. The molecule has 8 aliphatic carbocycles. The molecule has 2 aliphatic heterocycles. The number of fused-ring (bicyclic) bond motifs is 14. The van der Waals surface area contributed by atoms with E-state index in [9.17, 15) is 52.1 Å². The van der Waals surface area contributed by atoms with Crippen molar-refractivity contribution in [2.24, 2.45) is 57.2 Å². The maximum Gasteiger partial charge on any atom is 0.339 e. The third kappa shape index (κ3) is 11.8. The molecule has 2 heterocycles. The molecule has 524 valence electrons. The topological polar surface area (TPSA) is 172 Å². The van der Waals surface area contributed by atoms with Crippen molar-refractivity contribution in [3.63, 3.8) is 0 Å². The molecule has 23 heteroatoms. The van der Waals surface area contributed by atoms with Crippen LogP contribution in [0.25, 0.3) is 0 Å². The molecule has 18 atom stereocenters. The van der Waals surface area contributed by atoms with Gasteiger partial charge in [0.1, 0.15) is 60.3 Å². The van der Waals surface area contributed by atoms with Crippen LogP contribution in [0.4, 0.5) is 35.1 Å². The number of aliphatic hydroxyl groups is 2. The van der Waals surface area contributed by atoms with E-state index in [0.717, 1.165) is 34.4 Å². The third-order valence-electron chi connectivity index (χ3n) is 23.4. The van der Waals surface area contributed by atoms with E-state index in [0.29, 0.717) is 55.7 Å². The third-order valence-corrected chi connectivity index (χ3v) is 24.0. The van der Waals surface area contributed by atoms with Crippen LogP contribution < -0.4 is 9.47 Å². The molecular weight excluding hydrogens is 1360 g/mol. The van der Waals surface area contributed by atoms with Crippen LogP contribution in [0.2, 0.25) is 0 Å². The number of aliphatic hydroxyl groups excluding tert-OH is 2. The number of hydrogen-bond acceptors (Lipinski definition) is 13. The van der Waals surface area contributed by atoms with E-state index in [1.165, 1.54) is 55.5 Å². The Morgan fingerprint density at radius 2 is 0.948 bits per heavy atom. The van der Waals surface area contributed by atoms with E-state index in [4.69, 9.17) is 19.1 Å². The number of aliphatic carboxylic acids is 1. The first-order chi connectivity index (χ1) is 45.1. The largest absolute Gasteiger partial charge is 0.489 e. The normalized spacial score (nSPS) is 37.8. The van der Waals surface area contributed by atoms with Crippen molar-refractivity contribution in [2.75, 3.05) is 24.7 Å². The van der Waals surface area contributed by atoms with Crippen LogP contribution in [-0.4, -0.2) is 120 Å². The predicted octanol–water partition coefficient (Wildman–Crippen LogP) is 14.7. The standard InChI is InChI=1S/C36H37F4NO5S.C35H36F3NO6.CH2BrF.2CH4/c1-33-12-11-25(42)14-29(33)30(39)15-28-27-13-23-18-41(17-21-5-9-26(10-6-21)45-19-22-3-7-24(38)8-4-22)46-36(23,32(44)47-20-37)34(27,2)16-31(43)35(28,33)40;1-32-12-11-24(40)14-28(32)29(37)15-27-26-13-22-18-39(45-35(22,31(42)43)33(26,2)16-30(41)34(27,32)38)17-20-5-9-25(10-6-20)44-19-21-3-7-23(36)8-4-21;2-1-3;;/h3-12,14,23,27-28,30-31,43H,13,15-20H2,1-2H3;3-12,14,22,26-27,29-30,41H,13,15-19H2,1-2H3,(H,42,43);1H2;2*1H4/t23-,27-,28-,30-,31-,33-,34-,35-,36-;22-,26-,27-,29-,30-,32-,33-,34-,35-;;;/m00.../s1. The summed E-state index contributed by atoms with van der Waals surface area (Å²) in [6.07, 6.45) is 1.03. The van der Waals surface area contributed by atoms with Crippen molar-refractivity contribution in [2.45, 2.75) is 154 Å². The fraction of sp³-hybridized carbons (Fsp3) is 0.514. The van der Waals surface area contributed by atoms with Gasteiger partial charge in [-0.25, -0.2) is 39.9 Å². The smallest absolute Gasteiger partial charge is 0.339 e. The van der Waals surface area contributed by atoms with Crippen LogP contribution in [0, 0.1) is 68.8 Å². The second-order valence-electron chi connectivity index (χ2n) is 27.9. The summed E-state index contributed by atoms with van der Waals surface area (Å²) in [7, 11) is 0. The first-order valence-corrected chi connectivity index (χ1v) is 34.0. The Morgan fingerprint density at radius 3 is 1.33 bits per heavy atom. The highest BCUT2D eigenvalue weighted by atomic mass is 79.9. The molecule has 13 nitrogen and oxygen atoms in total. The predicted molar refractivity (Wildman–Crippen MR) is 352 cm³/mol. The lowest BCUT2D eigenvalue weighted by molar-refractivity contribution is -0.275. The van der Waals surface area contributed by atoms with Gasteiger partial charge in [-0.3, -0.25) is 24.1 Å². The summed E-state index contributed by atoms with van der Waals surface area (Å²) in [5.41, 5.74) is -10.2. The van der Waals surface area contributed by atoms with Crippen LogP contribution in [0.15, 0.2) is 145 Å². The number of thioether (sulfide) groups is 1. The zero-order valence-corrected chi connectivity index (χ0v) is 55.1. The number of ether oxygens (including phenoxy) is 2. The van der Waals surface area contributed by atoms with Crippen LogP contribution in [0.5, 0.6) is 11.5 Å². The van der Waals surface area contributed by atoms with Gasteiger partial charge in [-0.2, -0.15) is 10.1 Å². The minimum absolute atomic E-state index is 0. The highest BCUT2D eigenvalue weighted by Gasteiger charge is 2.82. The number of allylic oxidation sites excluding steroid dienone is 8. The van der Waals surface area contributed by atoms with Gasteiger partial charge in [-0.05, 0) is 170 Å². The molecule has 8 fully saturated rings. The Labute approximate surface area is 572 Å². The first-order valence-electron chi connectivity index (χ1n) is 31.9. The summed E-state index contributed by atoms with van der Waals surface area (Å²) in [6, 6.07) is 25.8. The molecule has 2 saturated heterocycles. The highest BCUT2D eigenvalue weighted by Crippen LogP contribution is 2.75. The quantitative estimate of drug-likeness (QED) is 0.0853. The van der Waals surface area contributed by atoms with E-state index >= 15 is 17.6 Å². The second-order valence-corrected chi connectivity index (χ2v) is 29.2. The summed E-state index contributed by atoms with van der Waals surface area (Å²) >= 11 is 2.99. The molecule has 14 rings (SSSR count). The first kappa shape index (κ1) is 73.7. The Morgan fingerprint density at radius 1 is 0.588 bits per heavy atom. The minimum atomic E-state index is -2.28. The number of carboxylic acids is 1. The van der Waals surface area contributed by atoms with E-state index in [-0.39, 0.29) is 83.1 Å². The van der Waals surface area contributed by atoms with Gasteiger partial charge in [0.2, 0.25) is 5.12 Å². The fourth-order valence-corrected chi connectivity index (χ4v) is 19.7. The van der Waals surface area contributed by atoms with Gasteiger partial charge < -0.3 is 24.8 Å². The monoisotopic (exact) mass is 1440 g/mol. The second kappa shape index (κ2) is 27.5. The van der Waals surface area contributed by atoms with Crippen LogP contribution in [-0.2, 0) is 55.2 Å². The molecule has 4 aromatic rings. The average Bonchev–Trinajstić information content (AvgIpc) is 1.57. The van der Waals surface area contributed by atoms with Crippen molar-refractivity contribution < 1.29 is 88.8 Å². The molecule has 97 heavy (non-hydrogen) atoms. The van der Waals surface area contributed by atoms with E-state index in [2.05, 4.69) is 15.9 Å². The zero-order valence-electron chi connectivity index (χ0n) is 52.7. The average molecular weight is 1440 g/mol. The van der Waals surface area contributed by atoms with Gasteiger partial charge in [0.25, 0.3) is 0 Å². The molecule has 0 spiro atoms. The van der Waals surface area contributed by atoms with Crippen LogP contribution in [0.1, 0.15) is 103 Å². The van der Waals surface area contributed by atoms with Gasteiger partial charge in [-0.1, -0.05) is 117 Å². The van der Waals surface area contributed by atoms with Gasteiger partial charge in [0.15, 0.2) is 34.1 Å². The lowest BCUT2D eigenvalue weighted by atomic mass is 9.44. The van der Waals surface area contributed by atoms with Crippen LogP contribution in [0.3, 0.4) is 0 Å². The number of carbonyl (C=O) groups excluding carboxylic acids is 3.